The quantitative estimate of drug-likeness (QED) is 0.876. The van der Waals surface area contributed by atoms with Gasteiger partial charge in [-0.2, -0.15) is 0 Å². The van der Waals surface area contributed by atoms with Gasteiger partial charge in [-0.15, -0.1) is 0 Å². The predicted octanol–water partition coefficient (Wildman–Crippen LogP) is 3.47. The number of hydrogen-bond acceptors (Lipinski definition) is 1. The molecule has 3 heteroatoms. The number of benzene rings is 2. The van der Waals surface area contributed by atoms with Crippen LogP contribution in [0, 0.1) is 11.6 Å². The van der Waals surface area contributed by atoms with Crippen molar-refractivity contribution in [1.82, 2.24) is 0 Å². The van der Waals surface area contributed by atoms with E-state index >= 15 is 0 Å². The molecular formula is C16H17F2N. The van der Waals surface area contributed by atoms with Crippen molar-refractivity contribution in [1.29, 1.82) is 0 Å². The van der Waals surface area contributed by atoms with Crippen LogP contribution >= 0.6 is 0 Å². The van der Waals surface area contributed by atoms with E-state index < -0.39 is 11.6 Å². The molecule has 0 bridgehead atoms. The Labute approximate surface area is 112 Å². The molecule has 100 valence electrons. The van der Waals surface area contributed by atoms with Crippen LogP contribution in [0.25, 0.3) is 0 Å². The second kappa shape index (κ2) is 6.43. The highest BCUT2D eigenvalue weighted by Gasteiger charge is 2.07. The Balaban J connectivity index is 1.89. The lowest BCUT2D eigenvalue weighted by molar-refractivity contribution is 0.568. The lowest BCUT2D eigenvalue weighted by Gasteiger charge is -2.12. The number of hydrogen-bond donors (Lipinski definition) is 1. The number of aryl methyl sites for hydroxylation is 1. The van der Waals surface area contributed by atoms with Gasteiger partial charge in [0.15, 0.2) is 0 Å². The van der Waals surface area contributed by atoms with Crippen molar-refractivity contribution in [3.8, 4) is 0 Å². The summed E-state index contributed by atoms with van der Waals surface area (Å²) in [5.41, 5.74) is 7.84. The summed E-state index contributed by atoms with van der Waals surface area (Å²) in [6.45, 7) is 0. The zero-order valence-electron chi connectivity index (χ0n) is 10.7. The van der Waals surface area contributed by atoms with E-state index in [2.05, 4.69) is 12.1 Å². The van der Waals surface area contributed by atoms with E-state index in [0.717, 1.165) is 18.9 Å². The largest absolute Gasteiger partial charge is 0.327 e. The molecule has 19 heavy (non-hydrogen) atoms. The molecule has 0 saturated heterocycles. The molecule has 0 aliphatic heterocycles. The molecule has 0 amide bonds. The molecule has 0 aliphatic rings. The van der Waals surface area contributed by atoms with Crippen molar-refractivity contribution in [2.24, 2.45) is 5.73 Å². The topological polar surface area (TPSA) is 26.0 Å². The Morgan fingerprint density at radius 2 is 1.53 bits per heavy atom. The molecule has 2 aromatic carbocycles. The summed E-state index contributed by atoms with van der Waals surface area (Å²) >= 11 is 0. The molecule has 1 atom stereocenters. The second-order valence-electron chi connectivity index (χ2n) is 4.77. The van der Waals surface area contributed by atoms with Gasteiger partial charge in [0.2, 0.25) is 0 Å². The minimum atomic E-state index is -0.551. The first-order valence-corrected chi connectivity index (χ1v) is 6.38. The van der Waals surface area contributed by atoms with Crippen LogP contribution in [0.2, 0.25) is 0 Å². The molecule has 2 aromatic rings. The highest BCUT2D eigenvalue weighted by molar-refractivity contribution is 5.19. The molecule has 0 spiro atoms. The Bertz CT molecular complexity index is 505. The summed E-state index contributed by atoms with van der Waals surface area (Å²) in [6.07, 6.45) is 2.16. The third-order valence-electron chi connectivity index (χ3n) is 3.07. The van der Waals surface area contributed by atoms with Gasteiger partial charge in [0.25, 0.3) is 0 Å². The monoisotopic (exact) mass is 261 g/mol. The predicted molar refractivity (Wildman–Crippen MR) is 72.8 cm³/mol. The number of nitrogens with two attached hydrogens (primary N) is 1. The summed E-state index contributed by atoms with van der Waals surface area (Å²) in [5, 5.41) is 0. The third kappa shape index (κ3) is 4.45. The first-order chi connectivity index (χ1) is 9.13. The average molecular weight is 261 g/mol. The van der Waals surface area contributed by atoms with Gasteiger partial charge in [0.05, 0.1) is 0 Å². The number of rotatable bonds is 5. The molecule has 1 nitrogen and oxygen atoms in total. The molecule has 0 aromatic heterocycles. The molecule has 1 unspecified atom stereocenters. The normalized spacial score (nSPS) is 12.4. The van der Waals surface area contributed by atoms with Gasteiger partial charge in [-0.05, 0) is 42.5 Å². The van der Waals surface area contributed by atoms with Gasteiger partial charge in [-0.1, -0.05) is 30.3 Å². The smallest absolute Gasteiger partial charge is 0.126 e. The van der Waals surface area contributed by atoms with Crippen LogP contribution < -0.4 is 5.73 Å². The number of halogens is 2. The van der Waals surface area contributed by atoms with E-state index in [9.17, 15) is 8.78 Å². The fourth-order valence-corrected chi connectivity index (χ4v) is 2.13. The molecule has 0 saturated carbocycles. The van der Waals surface area contributed by atoms with Gasteiger partial charge in [-0.3, -0.25) is 0 Å². The van der Waals surface area contributed by atoms with Crippen LogP contribution in [0.1, 0.15) is 17.5 Å². The molecule has 0 aliphatic carbocycles. The highest BCUT2D eigenvalue weighted by atomic mass is 19.1. The van der Waals surface area contributed by atoms with E-state index in [4.69, 9.17) is 5.73 Å². The average Bonchev–Trinajstić information content (AvgIpc) is 2.36. The van der Waals surface area contributed by atoms with E-state index in [-0.39, 0.29) is 6.04 Å². The lowest BCUT2D eigenvalue weighted by atomic mass is 10.00. The van der Waals surface area contributed by atoms with Gasteiger partial charge in [0.1, 0.15) is 11.6 Å². The Morgan fingerprint density at radius 1 is 0.895 bits per heavy atom. The van der Waals surface area contributed by atoms with Gasteiger partial charge in [0, 0.05) is 12.1 Å². The third-order valence-corrected chi connectivity index (χ3v) is 3.07. The van der Waals surface area contributed by atoms with E-state index in [1.807, 2.05) is 18.2 Å². The summed E-state index contributed by atoms with van der Waals surface area (Å²) in [6, 6.07) is 13.5. The standard InChI is InChI=1S/C16H17F2N/c17-14-8-13(9-15(18)11-14)10-16(19)7-6-12-4-2-1-3-5-12/h1-5,8-9,11,16H,6-7,10,19H2. The van der Waals surface area contributed by atoms with Crippen molar-refractivity contribution in [3.63, 3.8) is 0 Å². The van der Waals surface area contributed by atoms with Crippen LogP contribution in [0.5, 0.6) is 0 Å². The zero-order chi connectivity index (χ0) is 13.7. The maximum Gasteiger partial charge on any atom is 0.126 e. The molecule has 0 radical (unpaired) electrons. The minimum Gasteiger partial charge on any atom is -0.327 e. The maximum atomic E-state index is 13.0. The Hall–Kier alpha value is -1.74. The molecule has 2 N–H and O–H groups in total. The minimum absolute atomic E-state index is 0.0959. The van der Waals surface area contributed by atoms with Crippen molar-refractivity contribution in [2.45, 2.75) is 25.3 Å². The fourth-order valence-electron chi connectivity index (χ4n) is 2.13. The molecular weight excluding hydrogens is 244 g/mol. The van der Waals surface area contributed by atoms with Crippen LogP contribution in [0.15, 0.2) is 48.5 Å². The van der Waals surface area contributed by atoms with Gasteiger partial charge in [-0.25, -0.2) is 8.78 Å². The van der Waals surface area contributed by atoms with Crippen molar-refractivity contribution >= 4 is 0 Å². The van der Waals surface area contributed by atoms with E-state index in [1.54, 1.807) is 0 Å². The molecule has 2 rings (SSSR count). The summed E-state index contributed by atoms with van der Waals surface area (Å²) < 4.78 is 26.1. The van der Waals surface area contributed by atoms with Gasteiger partial charge < -0.3 is 5.73 Å². The summed E-state index contributed by atoms with van der Waals surface area (Å²) in [5.74, 6) is -1.10. The van der Waals surface area contributed by atoms with E-state index in [0.29, 0.717) is 12.0 Å². The van der Waals surface area contributed by atoms with Crippen LogP contribution in [0.3, 0.4) is 0 Å². The molecule has 0 heterocycles. The summed E-state index contributed by atoms with van der Waals surface area (Å²) in [4.78, 5) is 0. The lowest BCUT2D eigenvalue weighted by Crippen LogP contribution is -2.23. The van der Waals surface area contributed by atoms with Crippen molar-refractivity contribution < 1.29 is 8.78 Å². The first-order valence-electron chi connectivity index (χ1n) is 6.38. The maximum absolute atomic E-state index is 13.0. The zero-order valence-corrected chi connectivity index (χ0v) is 10.7. The molecule has 0 fully saturated rings. The van der Waals surface area contributed by atoms with E-state index in [1.165, 1.54) is 17.7 Å². The first kappa shape index (κ1) is 13.7. The summed E-state index contributed by atoms with van der Waals surface area (Å²) in [7, 11) is 0. The van der Waals surface area contributed by atoms with Crippen LogP contribution in [-0.4, -0.2) is 6.04 Å². The highest BCUT2D eigenvalue weighted by Crippen LogP contribution is 2.12. The van der Waals surface area contributed by atoms with Crippen molar-refractivity contribution in [3.05, 3.63) is 71.3 Å². The van der Waals surface area contributed by atoms with Crippen LogP contribution in [-0.2, 0) is 12.8 Å². The fraction of sp³-hybridized carbons (Fsp3) is 0.250. The van der Waals surface area contributed by atoms with Gasteiger partial charge >= 0.3 is 0 Å². The Morgan fingerprint density at radius 3 is 2.16 bits per heavy atom. The van der Waals surface area contributed by atoms with Crippen molar-refractivity contribution in [2.75, 3.05) is 0 Å². The second-order valence-corrected chi connectivity index (χ2v) is 4.77. The SMILES string of the molecule is NC(CCc1ccccc1)Cc1cc(F)cc(F)c1. The Kier molecular flexibility index (Phi) is 4.63. The van der Waals surface area contributed by atoms with Crippen LogP contribution in [0.4, 0.5) is 8.78 Å².